The van der Waals surface area contributed by atoms with Gasteiger partial charge in [0, 0.05) is 62.2 Å². The summed E-state index contributed by atoms with van der Waals surface area (Å²) in [6, 6.07) is 23.4. The highest BCUT2D eigenvalue weighted by Crippen LogP contribution is 2.32. The molecular weight excluding hydrogens is 564 g/mol. The number of aryl methyl sites for hydroxylation is 1. The van der Waals surface area contributed by atoms with E-state index in [0.717, 1.165) is 69.0 Å². The molecule has 8 nitrogen and oxygen atoms in total. The third kappa shape index (κ3) is 8.45. The van der Waals surface area contributed by atoms with Gasteiger partial charge in [0.15, 0.2) is 0 Å². The van der Waals surface area contributed by atoms with E-state index in [9.17, 15) is 0 Å². The zero-order chi connectivity index (χ0) is 30.7. The summed E-state index contributed by atoms with van der Waals surface area (Å²) in [5.74, 6) is 2.10. The maximum absolute atomic E-state index is 6.61. The molecule has 0 spiro atoms. The Labute approximate surface area is 267 Å². The SMILES string of the molecule is COc1ccccc1COCCCOc1ccc([C@H]2CCNC[C@@H]2OCc2ccc3c(c2)N(CCn2ccnc2)CCC3)cc1. The quantitative estimate of drug-likeness (QED) is 0.166. The van der Waals surface area contributed by atoms with Crippen molar-refractivity contribution in [1.29, 1.82) is 0 Å². The van der Waals surface area contributed by atoms with E-state index in [1.165, 1.54) is 28.8 Å². The van der Waals surface area contributed by atoms with Gasteiger partial charge in [0.1, 0.15) is 11.5 Å². The summed E-state index contributed by atoms with van der Waals surface area (Å²) in [5.41, 5.74) is 6.41. The Bertz CT molecular complexity index is 1460. The lowest BCUT2D eigenvalue weighted by Gasteiger charge is -2.33. The number of rotatable bonds is 15. The molecule has 45 heavy (non-hydrogen) atoms. The first kappa shape index (κ1) is 31.1. The molecule has 0 unspecified atom stereocenters. The topological polar surface area (TPSA) is 70.0 Å². The second kappa shape index (κ2) is 15.9. The van der Waals surface area contributed by atoms with Crippen molar-refractivity contribution in [3.63, 3.8) is 0 Å². The number of fused-ring (bicyclic) bond motifs is 1. The molecule has 0 amide bonds. The number of piperidine rings is 1. The summed E-state index contributed by atoms with van der Waals surface area (Å²) in [6.07, 6.45) is 10.1. The largest absolute Gasteiger partial charge is 0.496 e. The van der Waals surface area contributed by atoms with Gasteiger partial charge < -0.3 is 33.7 Å². The van der Waals surface area contributed by atoms with E-state index >= 15 is 0 Å². The monoisotopic (exact) mass is 610 g/mol. The predicted molar refractivity (Wildman–Crippen MR) is 177 cm³/mol. The van der Waals surface area contributed by atoms with Gasteiger partial charge in [-0.05, 0) is 66.8 Å². The second-order valence-corrected chi connectivity index (χ2v) is 11.9. The first-order chi connectivity index (χ1) is 22.3. The summed E-state index contributed by atoms with van der Waals surface area (Å²) < 4.78 is 26.0. The molecule has 2 atom stereocenters. The molecule has 1 saturated heterocycles. The molecule has 2 aliphatic rings. The molecule has 1 N–H and O–H groups in total. The Hall–Kier alpha value is -3.85. The fourth-order valence-electron chi connectivity index (χ4n) is 6.43. The van der Waals surface area contributed by atoms with Crippen LogP contribution in [0, 0.1) is 0 Å². The molecule has 8 heteroatoms. The van der Waals surface area contributed by atoms with Crippen LogP contribution in [0.25, 0.3) is 0 Å². The highest BCUT2D eigenvalue weighted by Gasteiger charge is 2.27. The second-order valence-electron chi connectivity index (χ2n) is 11.9. The van der Waals surface area contributed by atoms with Gasteiger partial charge >= 0.3 is 0 Å². The van der Waals surface area contributed by atoms with Crippen LogP contribution >= 0.6 is 0 Å². The molecule has 0 radical (unpaired) electrons. The molecular formula is C37H46N4O4. The van der Waals surface area contributed by atoms with E-state index < -0.39 is 0 Å². The van der Waals surface area contributed by atoms with Gasteiger partial charge in [0.2, 0.25) is 0 Å². The number of ether oxygens (including phenoxy) is 4. The summed E-state index contributed by atoms with van der Waals surface area (Å²) in [6.45, 7) is 7.30. The highest BCUT2D eigenvalue weighted by molar-refractivity contribution is 5.57. The average molecular weight is 611 g/mol. The molecule has 2 aliphatic heterocycles. The van der Waals surface area contributed by atoms with Gasteiger partial charge in [-0.3, -0.25) is 0 Å². The van der Waals surface area contributed by atoms with Crippen molar-refractivity contribution in [2.45, 2.75) is 57.5 Å². The average Bonchev–Trinajstić information content (AvgIpc) is 3.62. The number of nitrogens with one attached hydrogen (secondary N) is 1. The maximum atomic E-state index is 6.61. The van der Waals surface area contributed by atoms with Crippen molar-refractivity contribution in [2.75, 3.05) is 51.4 Å². The Morgan fingerprint density at radius 3 is 2.76 bits per heavy atom. The molecule has 1 aromatic heterocycles. The lowest BCUT2D eigenvalue weighted by Crippen LogP contribution is -2.41. The van der Waals surface area contributed by atoms with Gasteiger partial charge in [-0.15, -0.1) is 0 Å². The van der Waals surface area contributed by atoms with Gasteiger partial charge in [0.05, 0.1) is 46.0 Å². The molecule has 1 fully saturated rings. The van der Waals surface area contributed by atoms with Crippen LogP contribution in [0.15, 0.2) is 85.5 Å². The normalized spacial score (nSPS) is 18.0. The predicted octanol–water partition coefficient (Wildman–Crippen LogP) is 5.99. The van der Waals surface area contributed by atoms with Crippen LogP contribution in [0.1, 0.15) is 47.4 Å². The van der Waals surface area contributed by atoms with E-state index in [4.69, 9.17) is 18.9 Å². The van der Waals surface area contributed by atoms with E-state index in [1.807, 2.05) is 43.0 Å². The molecule has 0 bridgehead atoms. The number of hydrogen-bond acceptors (Lipinski definition) is 7. The van der Waals surface area contributed by atoms with Crippen molar-refractivity contribution < 1.29 is 18.9 Å². The van der Waals surface area contributed by atoms with Crippen molar-refractivity contribution in [3.8, 4) is 11.5 Å². The Kier molecular flexibility index (Phi) is 11.0. The molecule has 0 saturated carbocycles. The number of hydrogen-bond donors (Lipinski definition) is 1. The standard InChI is InChI=1S/C37H46N4O4/c1-42-36-8-3-2-6-32(36)27-43-22-5-23-44-33-13-11-30(12-14-33)34-15-16-38-25-37(34)45-26-29-9-10-31-7-4-18-41(35(31)24-29)21-20-40-19-17-39-28-40/h2-3,6,8-14,17,19,24,28,34,37-38H,4-5,7,15-16,18,20-23,25-27H2,1H3/t34-,37+/m1/s1. The zero-order valence-corrected chi connectivity index (χ0v) is 26.4. The van der Waals surface area contributed by atoms with Crippen LogP contribution in [0.4, 0.5) is 5.69 Å². The van der Waals surface area contributed by atoms with Crippen LogP contribution in [0.3, 0.4) is 0 Å². The number of nitrogens with zero attached hydrogens (tertiary/aromatic N) is 3. The van der Waals surface area contributed by atoms with Crippen molar-refractivity contribution >= 4 is 5.69 Å². The van der Waals surface area contributed by atoms with Gasteiger partial charge in [-0.1, -0.05) is 42.5 Å². The van der Waals surface area contributed by atoms with E-state index in [1.54, 1.807) is 7.11 Å². The van der Waals surface area contributed by atoms with Gasteiger partial charge in [-0.25, -0.2) is 4.98 Å². The molecule has 6 rings (SSSR count). The fourth-order valence-corrected chi connectivity index (χ4v) is 6.43. The van der Waals surface area contributed by atoms with Crippen LogP contribution in [-0.2, 0) is 35.7 Å². The third-order valence-electron chi connectivity index (χ3n) is 8.90. The number of anilines is 1. The van der Waals surface area contributed by atoms with E-state index in [2.05, 4.69) is 62.2 Å². The summed E-state index contributed by atoms with van der Waals surface area (Å²) in [5, 5.41) is 3.55. The molecule has 4 aromatic rings. The van der Waals surface area contributed by atoms with Crippen LogP contribution in [0.5, 0.6) is 11.5 Å². The molecule has 238 valence electrons. The van der Waals surface area contributed by atoms with Crippen LogP contribution < -0.4 is 19.7 Å². The minimum atomic E-state index is 0.124. The summed E-state index contributed by atoms with van der Waals surface area (Å²) >= 11 is 0. The fraction of sp³-hybridized carbons (Fsp3) is 0.432. The third-order valence-corrected chi connectivity index (χ3v) is 8.90. The lowest BCUT2D eigenvalue weighted by molar-refractivity contribution is 0.0106. The Balaban J connectivity index is 0.974. The number of methoxy groups -OCH3 is 1. The summed E-state index contributed by atoms with van der Waals surface area (Å²) in [7, 11) is 1.69. The van der Waals surface area contributed by atoms with Gasteiger partial charge in [0.25, 0.3) is 0 Å². The van der Waals surface area contributed by atoms with Crippen molar-refractivity contribution in [2.24, 2.45) is 0 Å². The first-order valence-corrected chi connectivity index (χ1v) is 16.3. The zero-order valence-electron chi connectivity index (χ0n) is 26.4. The van der Waals surface area contributed by atoms with Crippen molar-refractivity contribution in [3.05, 3.63) is 108 Å². The maximum Gasteiger partial charge on any atom is 0.124 e. The smallest absolute Gasteiger partial charge is 0.124 e. The van der Waals surface area contributed by atoms with E-state index in [-0.39, 0.29) is 6.10 Å². The van der Waals surface area contributed by atoms with Crippen LogP contribution in [-0.4, -0.2) is 62.2 Å². The number of imidazole rings is 1. The molecule has 3 aromatic carbocycles. The Morgan fingerprint density at radius 2 is 1.89 bits per heavy atom. The first-order valence-electron chi connectivity index (χ1n) is 16.3. The minimum Gasteiger partial charge on any atom is -0.496 e. The van der Waals surface area contributed by atoms with E-state index in [0.29, 0.717) is 32.3 Å². The summed E-state index contributed by atoms with van der Waals surface area (Å²) in [4.78, 5) is 6.71. The Morgan fingerprint density at radius 1 is 0.978 bits per heavy atom. The number of aromatic nitrogens is 2. The number of para-hydroxylation sites is 1. The molecule has 3 heterocycles. The van der Waals surface area contributed by atoms with Gasteiger partial charge in [-0.2, -0.15) is 0 Å². The number of benzene rings is 3. The molecule has 0 aliphatic carbocycles. The lowest BCUT2D eigenvalue weighted by atomic mass is 9.87. The van der Waals surface area contributed by atoms with Crippen LogP contribution in [0.2, 0.25) is 0 Å². The van der Waals surface area contributed by atoms with Crippen molar-refractivity contribution in [1.82, 2.24) is 14.9 Å². The minimum absolute atomic E-state index is 0.124. The highest BCUT2D eigenvalue weighted by atomic mass is 16.5.